The van der Waals surface area contributed by atoms with Gasteiger partial charge >= 0.3 is 0 Å². The number of likely N-dealkylation sites (N-methyl/N-ethyl adjacent to an activating group) is 1. The lowest BCUT2D eigenvalue weighted by Gasteiger charge is -2.33. The number of nitrogens with zero attached hydrogens (tertiary/aromatic N) is 5. The van der Waals surface area contributed by atoms with E-state index in [1.54, 1.807) is 0 Å². The van der Waals surface area contributed by atoms with Crippen LogP contribution in [0.5, 0.6) is 0 Å². The Balaban J connectivity index is 1.34. The van der Waals surface area contributed by atoms with Crippen molar-refractivity contribution in [3.8, 4) is 11.5 Å². The zero-order chi connectivity index (χ0) is 18.5. The molecule has 4 rings (SSSR count). The molecule has 1 aliphatic heterocycles. The summed E-state index contributed by atoms with van der Waals surface area (Å²) in [7, 11) is 2.15. The molecular formula is C21H25N5O. The van der Waals surface area contributed by atoms with Crippen LogP contribution < -0.4 is 4.90 Å². The monoisotopic (exact) mass is 363 g/mol. The van der Waals surface area contributed by atoms with Gasteiger partial charge in [-0.25, -0.2) is 4.98 Å². The van der Waals surface area contributed by atoms with Gasteiger partial charge in [-0.2, -0.15) is 4.98 Å². The first-order valence-electron chi connectivity index (χ1n) is 9.54. The molecule has 0 radical (unpaired) electrons. The summed E-state index contributed by atoms with van der Waals surface area (Å²) in [6.07, 6.45) is 4.66. The van der Waals surface area contributed by atoms with Gasteiger partial charge in [0.05, 0.1) is 5.56 Å². The Morgan fingerprint density at radius 2 is 1.78 bits per heavy atom. The van der Waals surface area contributed by atoms with Crippen LogP contribution in [0.15, 0.2) is 53.2 Å². The normalized spacial score (nSPS) is 15.2. The third-order valence-corrected chi connectivity index (χ3v) is 5.00. The molecule has 140 valence electrons. The third-order valence-electron chi connectivity index (χ3n) is 5.00. The average molecular weight is 363 g/mol. The van der Waals surface area contributed by atoms with Crippen molar-refractivity contribution in [3.63, 3.8) is 0 Å². The van der Waals surface area contributed by atoms with Crippen molar-refractivity contribution in [3.05, 3.63) is 60.0 Å². The third kappa shape index (κ3) is 4.52. The molecule has 1 saturated heterocycles. The molecule has 0 N–H and O–H groups in total. The highest BCUT2D eigenvalue weighted by molar-refractivity contribution is 5.54. The van der Waals surface area contributed by atoms with Crippen LogP contribution in [0.4, 0.5) is 5.82 Å². The molecule has 3 heterocycles. The molecule has 6 nitrogen and oxygen atoms in total. The minimum atomic E-state index is 0.544. The van der Waals surface area contributed by atoms with Gasteiger partial charge < -0.3 is 14.3 Å². The van der Waals surface area contributed by atoms with Gasteiger partial charge in [0.2, 0.25) is 0 Å². The number of piperazine rings is 1. The van der Waals surface area contributed by atoms with Crippen LogP contribution >= 0.6 is 0 Å². The molecule has 0 saturated carbocycles. The number of anilines is 1. The lowest BCUT2D eigenvalue weighted by Crippen LogP contribution is -2.44. The molecule has 0 unspecified atom stereocenters. The van der Waals surface area contributed by atoms with E-state index < -0.39 is 0 Å². The van der Waals surface area contributed by atoms with Crippen molar-refractivity contribution in [1.82, 2.24) is 20.0 Å². The quantitative estimate of drug-likeness (QED) is 0.671. The Morgan fingerprint density at radius 3 is 2.52 bits per heavy atom. The van der Waals surface area contributed by atoms with E-state index in [2.05, 4.69) is 56.2 Å². The van der Waals surface area contributed by atoms with Crippen LogP contribution in [0.25, 0.3) is 11.5 Å². The fourth-order valence-electron chi connectivity index (χ4n) is 3.30. The number of aryl methyl sites for hydroxylation is 2. The number of hydrogen-bond donors (Lipinski definition) is 0. The number of hydrogen-bond acceptors (Lipinski definition) is 6. The van der Waals surface area contributed by atoms with Crippen LogP contribution in [0.2, 0.25) is 0 Å². The average Bonchev–Trinajstić information content (AvgIpc) is 3.19. The Hall–Kier alpha value is -2.73. The van der Waals surface area contributed by atoms with Crippen LogP contribution in [0, 0.1) is 0 Å². The molecular weight excluding hydrogens is 338 g/mol. The maximum Gasteiger partial charge on any atom is 0.259 e. The molecule has 0 atom stereocenters. The summed E-state index contributed by atoms with van der Waals surface area (Å²) in [6, 6.07) is 14.5. The van der Waals surface area contributed by atoms with Crippen molar-refractivity contribution in [2.24, 2.45) is 0 Å². The Labute approximate surface area is 159 Å². The van der Waals surface area contributed by atoms with Gasteiger partial charge in [-0.15, -0.1) is 0 Å². The maximum atomic E-state index is 5.43. The Kier molecular flexibility index (Phi) is 5.44. The standard InChI is InChI=1S/C21H25N5O/c1-25-12-14-26(15-13-25)20-11-10-18(16-22-20)21-23-19(24-27-21)9-5-8-17-6-3-2-4-7-17/h2-4,6-7,10-11,16H,5,8-9,12-15H2,1H3. The predicted octanol–water partition coefficient (Wildman–Crippen LogP) is 3.06. The fourth-order valence-corrected chi connectivity index (χ4v) is 3.30. The summed E-state index contributed by atoms with van der Waals surface area (Å²) in [6.45, 7) is 4.16. The maximum absolute atomic E-state index is 5.43. The van der Waals surface area contributed by atoms with E-state index in [0.717, 1.165) is 62.6 Å². The van der Waals surface area contributed by atoms with E-state index in [1.165, 1.54) is 5.56 Å². The molecule has 3 aromatic rings. The van der Waals surface area contributed by atoms with Crippen molar-refractivity contribution in [1.29, 1.82) is 0 Å². The van der Waals surface area contributed by atoms with E-state index in [9.17, 15) is 0 Å². The molecule has 0 aliphatic carbocycles. The number of benzene rings is 1. The van der Waals surface area contributed by atoms with Gasteiger partial charge in [0.25, 0.3) is 5.89 Å². The second kappa shape index (κ2) is 8.31. The highest BCUT2D eigenvalue weighted by Gasteiger charge is 2.16. The van der Waals surface area contributed by atoms with E-state index in [4.69, 9.17) is 4.52 Å². The highest BCUT2D eigenvalue weighted by Crippen LogP contribution is 2.20. The molecule has 1 aliphatic rings. The van der Waals surface area contributed by atoms with E-state index in [0.29, 0.717) is 5.89 Å². The van der Waals surface area contributed by atoms with Gasteiger partial charge in [-0.3, -0.25) is 0 Å². The van der Waals surface area contributed by atoms with Gasteiger partial charge in [0.15, 0.2) is 5.82 Å². The smallest absolute Gasteiger partial charge is 0.259 e. The van der Waals surface area contributed by atoms with Crippen LogP contribution in [0.1, 0.15) is 17.8 Å². The largest absolute Gasteiger partial charge is 0.354 e. The minimum absolute atomic E-state index is 0.544. The Morgan fingerprint density at radius 1 is 0.963 bits per heavy atom. The first kappa shape index (κ1) is 17.7. The second-order valence-electron chi connectivity index (χ2n) is 7.05. The van der Waals surface area contributed by atoms with Crippen molar-refractivity contribution in [2.75, 3.05) is 38.1 Å². The molecule has 2 aromatic heterocycles. The number of aromatic nitrogens is 3. The zero-order valence-corrected chi connectivity index (χ0v) is 15.7. The first-order valence-corrected chi connectivity index (χ1v) is 9.54. The van der Waals surface area contributed by atoms with Crippen LogP contribution in [-0.4, -0.2) is 53.3 Å². The van der Waals surface area contributed by atoms with Crippen molar-refractivity contribution >= 4 is 5.82 Å². The minimum Gasteiger partial charge on any atom is -0.354 e. The van der Waals surface area contributed by atoms with E-state index in [1.807, 2.05) is 24.4 Å². The van der Waals surface area contributed by atoms with Crippen molar-refractivity contribution < 1.29 is 4.52 Å². The Bertz CT molecular complexity index is 839. The number of rotatable bonds is 6. The SMILES string of the molecule is CN1CCN(c2ccc(-c3nc(CCCc4ccccc4)no3)cn2)CC1. The first-order chi connectivity index (χ1) is 13.3. The van der Waals surface area contributed by atoms with Crippen molar-refractivity contribution in [2.45, 2.75) is 19.3 Å². The van der Waals surface area contributed by atoms with Gasteiger partial charge in [-0.1, -0.05) is 35.5 Å². The molecule has 0 bridgehead atoms. The molecule has 1 aromatic carbocycles. The summed E-state index contributed by atoms with van der Waals surface area (Å²) >= 11 is 0. The highest BCUT2D eigenvalue weighted by atomic mass is 16.5. The molecule has 27 heavy (non-hydrogen) atoms. The summed E-state index contributed by atoms with van der Waals surface area (Å²) in [4.78, 5) is 13.8. The summed E-state index contributed by atoms with van der Waals surface area (Å²) in [5.41, 5.74) is 2.21. The fraction of sp³-hybridized carbons (Fsp3) is 0.381. The van der Waals surface area contributed by atoms with E-state index >= 15 is 0 Å². The molecule has 6 heteroatoms. The summed E-state index contributed by atoms with van der Waals surface area (Å²) in [5.74, 6) is 2.31. The molecule has 0 spiro atoms. The zero-order valence-electron chi connectivity index (χ0n) is 15.7. The molecule has 0 amide bonds. The molecule has 1 fully saturated rings. The predicted molar refractivity (Wildman–Crippen MR) is 106 cm³/mol. The second-order valence-corrected chi connectivity index (χ2v) is 7.05. The van der Waals surface area contributed by atoms with Crippen LogP contribution in [-0.2, 0) is 12.8 Å². The van der Waals surface area contributed by atoms with E-state index in [-0.39, 0.29) is 0 Å². The van der Waals surface area contributed by atoms with Gasteiger partial charge in [-0.05, 0) is 37.6 Å². The summed E-state index contributed by atoms with van der Waals surface area (Å²) < 4.78 is 5.43. The van der Waals surface area contributed by atoms with Crippen LogP contribution in [0.3, 0.4) is 0 Å². The number of pyridine rings is 1. The lowest BCUT2D eigenvalue weighted by molar-refractivity contribution is 0.312. The summed E-state index contributed by atoms with van der Waals surface area (Å²) in [5, 5.41) is 4.11. The lowest BCUT2D eigenvalue weighted by atomic mass is 10.1. The topological polar surface area (TPSA) is 58.3 Å². The van der Waals surface area contributed by atoms with Gasteiger partial charge in [0, 0.05) is 38.8 Å². The van der Waals surface area contributed by atoms with Gasteiger partial charge in [0.1, 0.15) is 5.82 Å².